The van der Waals surface area contributed by atoms with Crippen molar-refractivity contribution < 1.29 is 4.79 Å². The number of alkyl halides is 1. The van der Waals surface area contributed by atoms with E-state index in [0.29, 0.717) is 29.3 Å². The van der Waals surface area contributed by atoms with Crippen molar-refractivity contribution in [1.82, 2.24) is 4.90 Å². The molecule has 0 N–H and O–H groups in total. The van der Waals surface area contributed by atoms with Crippen LogP contribution in [0.3, 0.4) is 0 Å². The lowest BCUT2D eigenvalue weighted by Crippen LogP contribution is -2.48. The van der Waals surface area contributed by atoms with E-state index in [2.05, 4.69) is 4.90 Å². The second-order valence-electron chi connectivity index (χ2n) is 6.84. The zero-order valence-electron chi connectivity index (χ0n) is 10.9. The van der Waals surface area contributed by atoms with Crippen LogP contribution in [0.4, 0.5) is 0 Å². The van der Waals surface area contributed by atoms with E-state index in [1.807, 2.05) is 0 Å². The molecular weight excluding hydrogens is 246 g/mol. The van der Waals surface area contributed by atoms with Crippen molar-refractivity contribution in [3.8, 4) is 0 Å². The van der Waals surface area contributed by atoms with Crippen LogP contribution < -0.4 is 0 Å². The molecule has 0 radical (unpaired) electrons. The van der Waals surface area contributed by atoms with Gasteiger partial charge in [0.15, 0.2) is 0 Å². The Hall–Kier alpha value is -0.240. The van der Waals surface area contributed by atoms with Crippen LogP contribution in [0.25, 0.3) is 0 Å². The molecule has 100 valence electrons. The fraction of sp³-hybridized carbons (Fsp3) is 0.933. The van der Waals surface area contributed by atoms with E-state index in [0.717, 1.165) is 24.7 Å². The van der Waals surface area contributed by atoms with Crippen LogP contribution in [-0.2, 0) is 4.79 Å². The van der Waals surface area contributed by atoms with Crippen LogP contribution in [0.15, 0.2) is 0 Å². The van der Waals surface area contributed by atoms with Gasteiger partial charge in [-0.15, -0.1) is 11.6 Å². The third-order valence-corrected chi connectivity index (χ3v) is 6.23. The van der Waals surface area contributed by atoms with E-state index < -0.39 is 0 Å². The largest absolute Gasteiger partial charge is 0.336 e. The van der Waals surface area contributed by atoms with E-state index in [1.165, 1.54) is 38.5 Å². The lowest BCUT2D eigenvalue weighted by molar-refractivity contribution is -0.137. The average molecular weight is 268 g/mol. The first-order valence-corrected chi connectivity index (χ1v) is 8.15. The van der Waals surface area contributed by atoms with Crippen molar-refractivity contribution in [1.29, 1.82) is 0 Å². The minimum Gasteiger partial charge on any atom is -0.336 e. The van der Waals surface area contributed by atoms with Gasteiger partial charge in [0.1, 0.15) is 0 Å². The van der Waals surface area contributed by atoms with Gasteiger partial charge in [0.2, 0.25) is 5.91 Å². The van der Waals surface area contributed by atoms with Crippen molar-refractivity contribution in [3.63, 3.8) is 0 Å². The molecule has 2 nitrogen and oxygen atoms in total. The van der Waals surface area contributed by atoms with Crippen molar-refractivity contribution in [2.45, 2.75) is 68.8 Å². The van der Waals surface area contributed by atoms with E-state index in [9.17, 15) is 4.79 Å². The Morgan fingerprint density at radius 1 is 0.944 bits per heavy atom. The van der Waals surface area contributed by atoms with Crippen LogP contribution in [-0.4, -0.2) is 28.3 Å². The number of carbonyl (C=O) groups is 1. The molecule has 4 atom stereocenters. The monoisotopic (exact) mass is 267 g/mol. The van der Waals surface area contributed by atoms with Crippen LogP contribution in [0.1, 0.15) is 51.4 Å². The molecule has 18 heavy (non-hydrogen) atoms. The van der Waals surface area contributed by atoms with Crippen molar-refractivity contribution in [2.24, 2.45) is 17.8 Å². The number of fused-ring (bicyclic) bond motifs is 3. The number of piperidine rings is 1. The molecule has 2 bridgehead atoms. The third-order valence-electron chi connectivity index (χ3n) is 5.87. The predicted molar refractivity (Wildman–Crippen MR) is 71.5 cm³/mol. The van der Waals surface area contributed by atoms with E-state index >= 15 is 0 Å². The first kappa shape index (κ1) is 11.6. The van der Waals surface area contributed by atoms with Gasteiger partial charge in [-0.25, -0.2) is 0 Å². The maximum atomic E-state index is 12.8. The fourth-order valence-corrected chi connectivity index (χ4v) is 5.41. The summed E-state index contributed by atoms with van der Waals surface area (Å²) < 4.78 is 0. The van der Waals surface area contributed by atoms with Crippen LogP contribution in [0, 0.1) is 17.8 Å². The maximum absolute atomic E-state index is 12.8. The van der Waals surface area contributed by atoms with Crippen molar-refractivity contribution >= 4 is 17.5 Å². The molecule has 2 aliphatic heterocycles. The van der Waals surface area contributed by atoms with Gasteiger partial charge in [-0.3, -0.25) is 4.79 Å². The topological polar surface area (TPSA) is 20.3 Å². The van der Waals surface area contributed by atoms with Crippen LogP contribution >= 0.6 is 11.6 Å². The minimum absolute atomic E-state index is 0.313. The average Bonchev–Trinajstić information content (AvgIpc) is 3.02. The number of halogens is 1. The van der Waals surface area contributed by atoms with E-state index in [1.54, 1.807) is 0 Å². The maximum Gasteiger partial charge on any atom is 0.226 e. The highest BCUT2D eigenvalue weighted by Crippen LogP contribution is 2.57. The summed E-state index contributed by atoms with van der Waals surface area (Å²) in [5.41, 5.74) is 0. The predicted octanol–water partition coefficient (Wildman–Crippen LogP) is 3.18. The Morgan fingerprint density at radius 2 is 1.50 bits per heavy atom. The van der Waals surface area contributed by atoms with Gasteiger partial charge >= 0.3 is 0 Å². The molecule has 2 saturated heterocycles. The zero-order chi connectivity index (χ0) is 12.3. The normalized spacial score (nSPS) is 49.9. The minimum atomic E-state index is 0.313. The third kappa shape index (κ3) is 1.64. The number of hydrogen-bond donors (Lipinski definition) is 0. The molecule has 4 unspecified atom stereocenters. The first-order valence-electron chi connectivity index (χ1n) is 7.72. The summed E-state index contributed by atoms with van der Waals surface area (Å²) in [4.78, 5) is 15.0. The molecule has 1 amide bonds. The van der Waals surface area contributed by atoms with Gasteiger partial charge in [0.05, 0.1) is 0 Å². The fourth-order valence-electron chi connectivity index (χ4n) is 5.00. The van der Waals surface area contributed by atoms with Crippen molar-refractivity contribution in [2.75, 3.05) is 0 Å². The highest BCUT2D eigenvalue weighted by molar-refractivity contribution is 6.20. The molecule has 2 saturated carbocycles. The lowest BCUT2D eigenvalue weighted by Gasteiger charge is -2.37. The first-order chi connectivity index (χ1) is 8.75. The van der Waals surface area contributed by atoms with E-state index in [-0.39, 0.29) is 0 Å². The highest BCUT2D eigenvalue weighted by Gasteiger charge is 2.58. The molecule has 2 aliphatic carbocycles. The van der Waals surface area contributed by atoms with Gasteiger partial charge in [-0.2, -0.15) is 0 Å². The van der Waals surface area contributed by atoms with Crippen LogP contribution in [0.5, 0.6) is 0 Å². The summed E-state index contributed by atoms with van der Waals surface area (Å²) in [6.45, 7) is 0. The standard InChI is InChI=1S/C15H22ClNO/c16-9-7-10-5-6-11(8-9)17(10)15(18)14-12-3-1-2-4-13(12)14/h9-14H,1-8H2. The quantitative estimate of drug-likeness (QED) is 0.668. The van der Waals surface area contributed by atoms with Gasteiger partial charge in [0.25, 0.3) is 0 Å². The summed E-state index contributed by atoms with van der Waals surface area (Å²) in [5.74, 6) is 2.41. The molecule has 0 aromatic heterocycles. The lowest BCUT2D eigenvalue weighted by atomic mass is 10.0. The second-order valence-corrected chi connectivity index (χ2v) is 7.45. The molecule has 4 aliphatic rings. The summed E-state index contributed by atoms with van der Waals surface area (Å²) >= 11 is 6.30. The number of nitrogens with zero attached hydrogens (tertiary/aromatic N) is 1. The Morgan fingerprint density at radius 3 is 2.06 bits per heavy atom. The smallest absolute Gasteiger partial charge is 0.226 e. The molecule has 0 aromatic rings. The zero-order valence-corrected chi connectivity index (χ0v) is 11.6. The molecule has 2 heterocycles. The SMILES string of the molecule is O=C(C1C2CCCCC21)N1C2CCC1CC(Cl)C2. The van der Waals surface area contributed by atoms with Gasteiger partial charge in [0, 0.05) is 23.4 Å². The Balaban J connectivity index is 1.49. The van der Waals surface area contributed by atoms with Crippen molar-refractivity contribution in [3.05, 3.63) is 0 Å². The number of rotatable bonds is 1. The van der Waals surface area contributed by atoms with Gasteiger partial charge in [-0.1, -0.05) is 12.8 Å². The Labute approximate surface area is 114 Å². The summed E-state index contributed by atoms with van der Waals surface area (Å²) in [7, 11) is 0. The highest BCUT2D eigenvalue weighted by atomic mass is 35.5. The van der Waals surface area contributed by atoms with Gasteiger partial charge < -0.3 is 4.90 Å². The number of amides is 1. The van der Waals surface area contributed by atoms with E-state index in [4.69, 9.17) is 11.6 Å². The van der Waals surface area contributed by atoms with Crippen LogP contribution in [0.2, 0.25) is 0 Å². The molecule has 4 fully saturated rings. The number of carbonyl (C=O) groups excluding carboxylic acids is 1. The summed E-state index contributed by atoms with van der Waals surface area (Å²) in [6, 6.07) is 0.947. The molecule has 0 aromatic carbocycles. The summed E-state index contributed by atoms with van der Waals surface area (Å²) in [6.07, 6.45) is 9.77. The Kier molecular flexibility index (Phi) is 2.65. The molecule has 4 rings (SSSR count). The van der Waals surface area contributed by atoms with Gasteiger partial charge in [-0.05, 0) is 50.4 Å². The summed E-state index contributed by atoms with van der Waals surface area (Å²) in [5, 5.41) is 0.313. The molecule has 3 heteroatoms. The molecule has 0 spiro atoms. The second kappa shape index (κ2) is 4.13. The Bertz CT molecular complexity index is 346. The molecular formula is C15H22ClNO. The number of hydrogen-bond acceptors (Lipinski definition) is 1.